The average Bonchev–Trinajstić information content (AvgIpc) is 2.38. The van der Waals surface area contributed by atoms with E-state index in [1.807, 2.05) is 0 Å². The first-order valence-electron chi connectivity index (χ1n) is 5.66. The molecule has 0 aliphatic heterocycles. The molecule has 0 saturated heterocycles. The smallest absolute Gasteiger partial charge is 0.387 e. The second-order valence-electron chi connectivity index (χ2n) is 3.99. The van der Waals surface area contributed by atoms with Crippen LogP contribution in [0.2, 0.25) is 0 Å². The molecule has 2 nitrogen and oxygen atoms in total. The van der Waals surface area contributed by atoms with Crippen molar-refractivity contribution < 1.29 is 27.4 Å². The SMILES string of the molecule is OC(c1ccc(OC(F)F)cc1)c1c(F)cccc1F. The van der Waals surface area contributed by atoms with Gasteiger partial charge in [0.25, 0.3) is 0 Å². The van der Waals surface area contributed by atoms with Crippen LogP contribution >= 0.6 is 0 Å². The number of rotatable bonds is 4. The van der Waals surface area contributed by atoms with Gasteiger partial charge in [0.2, 0.25) is 0 Å². The lowest BCUT2D eigenvalue weighted by molar-refractivity contribution is -0.0498. The first-order chi connectivity index (χ1) is 9.49. The third-order valence-corrected chi connectivity index (χ3v) is 2.69. The van der Waals surface area contributed by atoms with Crippen LogP contribution in [0.5, 0.6) is 5.75 Å². The number of aliphatic hydroxyl groups is 1. The summed E-state index contributed by atoms with van der Waals surface area (Å²) in [4.78, 5) is 0. The van der Waals surface area contributed by atoms with Gasteiger partial charge in [-0.2, -0.15) is 8.78 Å². The van der Waals surface area contributed by atoms with Gasteiger partial charge < -0.3 is 9.84 Å². The van der Waals surface area contributed by atoms with Crippen molar-refractivity contribution in [2.45, 2.75) is 12.7 Å². The minimum atomic E-state index is -2.96. The largest absolute Gasteiger partial charge is 0.435 e. The normalized spacial score (nSPS) is 12.5. The number of benzene rings is 2. The molecule has 1 atom stereocenters. The van der Waals surface area contributed by atoms with E-state index in [1.54, 1.807) is 0 Å². The lowest BCUT2D eigenvalue weighted by Crippen LogP contribution is -2.06. The fourth-order valence-electron chi connectivity index (χ4n) is 1.77. The van der Waals surface area contributed by atoms with Crippen molar-refractivity contribution in [1.29, 1.82) is 0 Å². The van der Waals surface area contributed by atoms with Gasteiger partial charge in [0.15, 0.2) is 0 Å². The molecule has 6 heteroatoms. The fraction of sp³-hybridized carbons (Fsp3) is 0.143. The zero-order chi connectivity index (χ0) is 14.7. The Morgan fingerprint density at radius 1 is 0.900 bits per heavy atom. The Morgan fingerprint density at radius 2 is 1.45 bits per heavy atom. The van der Waals surface area contributed by atoms with Gasteiger partial charge in [0.05, 0.1) is 5.56 Å². The monoisotopic (exact) mass is 286 g/mol. The molecule has 0 aromatic heterocycles. The Kier molecular flexibility index (Phi) is 4.24. The summed E-state index contributed by atoms with van der Waals surface area (Å²) in [6, 6.07) is 8.11. The number of hydrogen-bond donors (Lipinski definition) is 1. The molecule has 0 aliphatic carbocycles. The lowest BCUT2D eigenvalue weighted by Gasteiger charge is -2.14. The Balaban J connectivity index is 2.27. The molecule has 1 N–H and O–H groups in total. The molecule has 0 saturated carbocycles. The van der Waals surface area contributed by atoms with Gasteiger partial charge in [0.1, 0.15) is 23.5 Å². The molecule has 2 rings (SSSR count). The summed E-state index contributed by atoms with van der Waals surface area (Å²) < 4.78 is 55.1. The summed E-state index contributed by atoms with van der Waals surface area (Å²) in [6.07, 6.45) is -1.53. The van der Waals surface area contributed by atoms with Gasteiger partial charge in [-0.05, 0) is 29.8 Å². The molecule has 2 aromatic rings. The van der Waals surface area contributed by atoms with Gasteiger partial charge in [-0.3, -0.25) is 0 Å². The molecule has 0 fully saturated rings. The fourth-order valence-corrected chi connectivity index (χ4v) is 1.77. The van der Waals surface area contributed by atoms with Crippen LogP contribution in [0.15, 0.2) is 42.5 Å². The molecule has 0 aliphatic rings. The van der Waals surface area contributed by atoms with E-state index in [2.05, 4.69) is 4.74 Å². The van der Waals surface area contributed by atoms with Crippen molar-refractivity contribution in [2.24, 2.45) is 0 Å². The minimum Gasteiger partial charge on any atom is -0.435 e. The molecule has 0 bridgehead atoms. The van der Waals surface area contributed by atoms with Crippen LogP contribution in [0.4, 0.5) is 17.6 Å². The van der Waals surface area contributed by atoms with Crippen LogP contribution in [0.3, 0.4) is 0 Å². The van der Waals surface area contributed by atoms with E-state index in [0.717, 1.165) is 12.1 Å². The summed E-state index contributed by atoms with van der Waals surface area (Å²) in [5, 5.41) is 9.96. The topological polar surface area (TPSA) is 29.5 Å². The second-order valence-corrected chi connectivity index (χ2v) is 3.99. The number of ether oxygens (including phenoxy) is 1. The van der Waals surface area contributed by atoms with Crippen LogP contribution in [0.25, 0.3) is 0 Å². The predicted octanol–water partition coefficient (Wildman–Crippen LogP) is 3.65. The number of halogens is 4. The number of aliphatic hydroxyl groups excluding tert-OH is 1. The van der Waals surface area contributed by atoms with Crippen LogP contribution in [-0.2, 0) is 0 Å². The van der Waals surface area contributed by atoms with Crippen molar-refractivity contribution >= 4 is 0 Å². The quantitative estimate of drug-likeness (QED) is 0.869. The third kappa shape index (κ3) is 3.08. The van der Waals surface area contributed by atoms with Gasteiger partial charge in [0, 0.05) is 0 Å². The van der Waals surface area contributed by atoms with Gasteiger partial charge in [-0.15, -0.1) is 0 Å². The summed E-state index contributed by atoms with van der Waals surface area (Å²) in [6.45, 7) is -2.96. The van der Waals surface area contributed by atoms with Crippen molar-refractivity contribution in [3.05, 3.63) is 65.2 Å². The molecule has 0 radical (unpaired) electrons. The highest BCUT2D eigenvalue weighted by molar-refractivity contribution is 5.35. The average molecular weight is 286 g/mol. The van der Waals surface area contributed by atoms with Gasteiger partial charge in [-0.1, -0.05) is 18.2 Å². The van der Waals surface area contributed by atoms with E-state index >= 15 is 0 Å². The standard InChI is InChI=1S/C14H10F4O2/c15-10-2-1-3-11(16)12(10)13(19)8-4-6-9(7-5-8)20-14(17)18/h1-7,13-14,19H. The van der Waals surface area contributed by atoms with Gasteiger partial charge >= 0.3 is 6.61 Å². The van der Waals surface area contributed by atoms with Crippen LogP contribution in [0, 0.1) is 11.6 Å². The van der Waals surface area contributed by atoms with Crippen molar-refractivity contribution in [3.63, 3.8) is 0 Å². The summed E-state index contributed by atoms with van der Waals surface area (Å²) >= 11 is 0. The first kappa shape index (κ1) is 14.3. The summed E-state index contributed by atoms with van der Waals surface area (Å²) in [5.74, 6) is -1.87. The molecule has 106 valence electrons. The third-order valence-electron chi connectivity index (χ3n) is 2.69. The predicted molar refractivity (Wildman–Crippen MR) is 63.5 cm³/mol. The maximum Gasteiger partial charge on any atom is 0.387 e. The van der Waals surface area contributed by atoms with E-state index in [-0.39, 0.29) is 11.3 Å². The van der Waals surface area contributed by atoms with E-state index < -0.39 is 29.9 Å². The molecule has 0 amide bonds. The molecule has 0 spiro atoms. The Labute approximate surface area is 112 Å². The minimum absolute atomic E-state index is 0.107. The first-order valence-corrected chi connectivity index (χ1v) is 5.66. The van der Waals surface area contributed by atoms with Gasteiger partial charge in [-0.25, -0.2) is 8.78 Å². The van der Waals surface area contributed by atoms with E-state index in [9.17, 15) is 22.7 Å². The lowest BCUT2D eigenvalue weighted by atomic mass is 10.0. The van der Waals surface area contributed by atoms with Crippen molar-refractivity contribution in [2.75, 3.05) is 0 Å². The van der Waals surface area contributed by atoms with Crippen LogP contribution in [-0.4, -0.2) is 11.7 Å². The maximum atomic E-state index is 13.5. The highest BCUT2D eigenvalue weighted by atomic mass is 19.3. The van der Waals surface area contributed by atoms with E-state index in [4.69, 9.17) is 0 Å². The highest BCUT2D eigenvalue weighted by Crippen LogP contribution is 2.28. The van der Waals surface area contributed by atoms with Crippen LogP contribution < -0.4 is 4.74 Å². The van der Waals surface area contributed by atoms with Crippen molar-refractivity contribution in [1.82, 2.24) is 0 Å². The second kappa shape index (κ2) is 5.92. The summed E-state index contributed by atoms with van der Waals surface area (Å²) in [7, 11) is 0. The maximum absolute atomic E-state index is 13.5. The zero-order valence-electron chi connectivity index (χ0n) is 10.1. The Hall–Kier alpha value is -2.08. The van der Waals surface area contributed by atoms with Crippen molar-refractivity contribution in [3.8, 4) is 5.75 Å². The molecule has 0 heterocycles. The van der Waals surface area contributed by atoms with Crippen LogP contribution in [0.1, 0.15) is 17.2 Å². The Morgan fingerprint density at radius 3 is 1.95 bits per heavy atom. The highest BCUT2D eigenvalue weighted by Gasteiger charge is 2.19. The number of hydrogen-bond acceptors (Lipinski definition) is 2. The van der Waals surface area contributed by atoms with E-state index in [0.29, 0.717) is 0 Å². The molecule has 20 heavy (non-hydrogen) atoms. The summed E-state index contributed by atoms with van der Waals surface area (Å²) in [5.41, 5.74) is -0.328. The molecular formula is C14H10F4O2. The zero-order valence-corrected chi connectivity index (χ0v) is 10.1. The molecule has 2 aromatic carbocycles. The molecular weight excluding hydrogens is 276 g/mol. The molecule has 1 unspecified atom stereocenters. The number of alkyl halides is 2. The van der Waals surface area contributed by atoms with E-state index in [1.165, 1.54) is 30.3 Å². The Bertz CT molecular complexity index is 564.